The molecular weight excluding hydrogens is 361 g/mol. The lowest BCUT2D eigenvalue weighted by Gasteiger charge is -2.12. The summed E-state index contributed by atoms with van der Waals surface area (Å²) in [4.78, 5) is 4.65. The van der Waals surface area contributed by atoms with E-state index in [0.717, 1.165) is 23.1 Å². The molecule has 0 fully saturated rings. The van der Waals surface area contributed by atoms with E-state index in [-0.39, 0.29) is 5.82 Å². The normalized spacial score (nSPS) is 11.1. The van der Waals surface area contributed by atoms with E-state index in [1.54, 1.807) is 12.1 Å². The zero-order valence-electron chi connectivity index (χ0n) is 17.5. The molecule has 3 aromatic rings. The maximum absolute atomic E-state index is 14.2. The summed E-state index contributed by atoms with van der Waals surface area (Å²) < 4.78 is 20.4. The van der Waals surface area contributed by atoms with Crippen LogP contribution in [-0.2, 0) is 0 Å². The number of halogens is 1. The van der Waals surface area contributed by atoms with E-state index in [0.29, 0.717) is 17.9 Å². The van der Waals surface area contributed by atoms with Crippen LogP contribution in [-0.4, -0.2) is 11.6 Å². The molecule has 0 unspecified atom stereocenters. The molecule has 0 aliphatic carbocycles. The average molecular weight is 394 g/mol. The lowest BCUT2D eigenvalue weighted by molar-refractivity contribution is 0.307. The second kappa shape index (κ2) is 11.5. The Morgan fingerprint density at radius 2 is 1.45 bits per heavy atom. The second-order valence-electron chi connectivity index (χ2n) is 7.68. The number of fused-ring (bicyclic) bond motifs is 1. The Balaban J connectivity index is 1.57. The third-order valence-electron chi connectivity index (χ3n) is 5.33. The first-order valence-corrected chi connectivity index (χ1v) is 11.1. The summed E-state index contributed by atoms with van der Waals surface area (Å²) in [7, 11) is 0. The van der Waals surface area contributed by atoms with Gasteiger partial charge in [0.2, 0.25) is 0 Å². The first-order valence-electron chi connectivity index (χ1n) is 11.1. The first-order chi connectivity index (χ1) is 14.3. The van der Waals surface area contributed by atoms with Crippen molar-refractivity contribution in [3.63, 3.8) is 0 Å². The van der Waals surface area contributed by atoms with Gasteiger partial charge in [0.05, 0.1) is 17.8 Å². The highest BCUT2D eigenvalue weighted by molar-refractivity contribution is 5.87. The average Bonchev–Trinajstić information content (AvgIpc) is 2.75. The van der Waals surface area contributed by atoms with Crippen LogP contribution in [0.4, 0.5) is 4.39 Å². The van der Waals surface area contributed by atoms with Gasteiger partial charge < -0.3 is 4.74 Å². The van der Waals surface area contributed by atoms with Crippen LogP contribution < -0.4 is 4.74 Å². The lowest BCUT2D eigenvalue weighted by Crippen LogP contribution is -2.00. The Bertz CT molecular complexity index is 893. The van der Waals surface area contributed by atoms with Gasteiger partial charge in [-0.3, -0.25) is 0 Å². The van der Waals surface area contributed by atoms with Crippen molar-refractivity contribution in [1.82, 2.24) is 4.98 Å². The Hall–Kier alpha value is -2.42. The number of pyridine rings is 1. The van der Waals surface area contributed by atoms with Crippen LogP contribution in [0, 0.1) is 5.82 Å². The number of hydrogen-bond acceptors (Lipinski definition) is 2. The molecule has 0 spiro atoms. The number of para-hydroxylation sites is 1. The van der Waals surface area contributed by atoms with E-state index < -0.39 is 0 Å². The van der Waals surface area contributed by atoms with E-state index in [1.165, 1.54) is 57.4 Å². The first kappa shape index (κ1) is 21.3. The maximum Gasteiger partial charge on any atom is 0.132 e. The molecule has 0 radical (unpaired) electrons. The summed E-state index contributed by atoms with van der Waals surface area (Å²) in [6, 6.07) is 16.5. The molecule has 1 aromatic heterocycles. The van der Waals surface area contributed by atoms with E-state index in [2.05, 4.69) is 11.9 Å². The van der Waals surface area contributed by atoms with Crippen LogP contribution in [0.3, 0.4) is 0 Å². The minimum Gasteiger partial charge on any atom is -0.493 e. The third kappa shape index (κ3) is 6.28. The van der Waals surface area contributed by atoms with Gasteiger partial charge in [-0.1, -0.05) is 82.6 Å². The predicted molar refractivity (Wildman–Crippen MR) is 120 cm³/mol. The summed E-state index contributed by atoms with van der Waals surface area (Å²) in [5.74, 6) is 0.522. The second-order valence-corrected chi connectivity index (χ2v) is 7.68. The number of nitrogens with zero attached hydrogens (tertiary/aromatic N) is 1. The molecule has 0 saturated carbocycles. The molecule has 154 valence electrons. The molecule has 2 aromatic carbocycles. The van der Waals surface area contributed by atoms with Crippen molar-refractivity contribution < 1.29 is 9.13 Å². The number of benzene rings is 2. The third-order valence-corrected chi connectivity index (χ3v) is 5.33. The molecule has 1 heterocycles. The molecule has 0 saturated heterocycles. The van der Waals surface area contributed by atoms with Crippen molar-refractivity contribution in [3.05, 3.63) is 60.4 Å². The smallest absolute Gasteiger partial charge is 0.132 e. The van der Waals surface area contributed by atoms with E-state index >= 15 is 0 Å². The van der Waals surface area contributed by atoms with Crippen LogP contribution in [0.25, 0.3) is 22.2 Å². The lowest BCUT2D eigenvalue weighted by atomic mass is 10.1. The fraction of sp³-hybridized carbons (Fsp3) is 0.423. The van der Waals surface area contributed by atoms with Gasteiger partial charge in [0.25, 0.3) is 0 Å². The van der Waals surface area contributed by atoms with Crippen LogP contribution in [0.2, 0.25) is 0 Å². The number of unbranched alkanes of at least 4 members (excludes halogenated alkanes) is 8. The monoisotopic (exact) mass is 393 g/mol. The molecule has 0 aliphatic rings. The van der Waals surface area contributed by atoms with Crippen molar-refractivity contribution in [1.29, 1.82) is 0 Å². The molecule has 0 atom stereocenters. The van der Waals surface area contributed by atoms with Gasteiger partial charge in [0, 0.05) is 17.0 Å². The molecule has 3 rings (SSSR count). The standard InChI is InChI=1S/C26H32FNO/c1-2-3-4-5-6-7-8-9-14-19-29-26-20-25(21-15-10-12-17-23(21)27)28-24-18-13-11-16-22(24)26/h10-13,15-18,20H,2-9,14,19H2,1H3. The Kier molecular flexibility index (Phi) is 8.48. The number of rotatable bonds is 12. The highest BCUT2D eigenvalue weighted by Gasteiger charge is 2.11. The van der Waals surface area contributed by atoms with Gasteiger partial charge in [-0.15, -0.1) is 0 Å². The summed E-state index contributed by atoms with van der Waals surface area (Å²) in [5, 5.41) is 0.975. The van der Waals surface area contributed by atoms with Crippen molar-refractivity contribution in [2.75, 3.05) is 6.61 Å². The van der Waals surface area contributed by atoms with Gasteiger partial charge in [-0.25, -0.2) is 9.37 Å². The summed E-state index contributed by atoms with van der Waals surface area (Å²) in [6.07, 6.45) is 11.6. The molecule has 29 heavy (non-hydrogen) atoms. The summed E-state index contributed by atoms with van der Waals surface area (Å²) >= 11 is 0. The topological polar surface area (TPSA) is 22.1 Å². The molecule has 2 nitrogen and oxygen atoms in total. The zero-order chi connectivity index (χ0) is 20.3. The van der Waals surface area contributed by atoms with Gasteiger partial charge in [0.15, 0.2) is 0 Å². The summed E-state index contributed by atoms with van der Waals surface area (Å²) in [6.45, 7) is 2.94. The number of ether oxygens (including phenoxy) is 1. The molecule has 0 bridgehead atoms. The minimum absolute atomic E-state index is 0.264. The molecular formula is C26H32FNO. The molecule has 3 heteroatoms. The predicted octanol–water partition coefficient (Wildman–Crippen LogP) is 7.95. The van der Waals surface area contributed by atoms with Crippen molar-refractivity contribution in [2.45, 2.75) is 64.7 Å². The highest BCUT2D eigenvalue weighted by Crippen LogP contribution is 2.31. The Labute approximate surface area is 174 Å². The quantitative estimate of drug-likeness (QED) is 0.291. The van der Waals surface area contributed by atoms with Gasteiger partial charge in [0.1, 0.15) is 11.6 Å². The van der Waals surface area contributed by atoms with Crippen molar-refractivity contribution >= 4 is 10.9 Å². The van der Waals surface area contributed by atoms with E-state index in [1.807, 2.05) is 36.4 Å². The van der Waals surface area contributed by atoms with Crippen molar-refractivity contribution in [2.24, 2.45) is 0 Å². The summed E-state index contributed by atoms with van der Waals surface area (Å²) in [5.41, 5.74) is 1.95. The van der Waals surface area contributed by atoms with E-state index in [9.17, 15) is 4.39 Å². The Morgan fingerprint density at radius 1 is 0.793 bits per heavy atom. The van der Waals surface area contributed by atoms with Crippen LogP contribution in [0.5, 0.6) is 5.75 Å². The fourth-order valence-electron chi connectivity index (χ4n) is 3.66. The molecule has 0 N–H and O–H groups in total. The van der Waals surface area contributed by atoms with Crippen LogP contribution in [0.15, 0.2) is 54.6 Å². The van der Waals surface area contributed by atoms with E-state index in [4.69, 9.17) is 4.74 Å². The van der Waals surface area contributed by atoms with Crippen LogP contribution in [0.1, 0.15) is 64.7 Å². The highest BCUT2D eigenvalue weighted by atomic mass is 19.1. The molecule has 0 amide bonds. The molecule has 0 aliphatic heterocycles. The number of aromatic nitrogens is 1. The van der Waals surface area contributed by atoms with Crippen molar-refractivity contribution in [3.8, 4) is 17.0 Å². The number of hydrogen-bond donors (Lipinski definition) is 0. The zero-order valence-corrected chi connectivity index (χ0v) is 17.5. The Morgan fingerprint density at radius 3 is 2.21 bits per heavy atom. The fourth-order valence-corrected chi connectivity index (χ4v) is 3.66. The van der Waals surface area contributed by atoms with Gasteiger partial charge >= 0.3 is 0 Å². The maximum atomic E-state index is 14.2. The SMILES string of the molecule is CCCCCCCCCCCOc1cc(-c2ccccc2F)nc2ccccc12. The minimum atomic E-state index is -0.264. The van der Waals surface area contributed by atoms with Gasteiger partial charge in [-0.2, -0.15) is 0 Å². The van der Waals surface area contributed by atoms with Crippen LogP contribution >= 0.6 is 0 Å². The van der Waals surface area contributed by atoms with Gasteiger partial charge in [-0.05, 0) is 30.7 Å². The largest absolute Gasteiger partial charge is 0.493 e.